The number of amides is 1. The second-order valence-electron chi connectivity index (χ2n) is 5.88. The summed E-state index contributed by atoms with van der Waals surface area (Å²) in [6, 6.07) is 11.4. The second-order valence-corrected chi connectivity index (χ2v) is 6.73. The van der Waals surface area contributed by atoms with Gasteiger partial charge in [-0.3, -0.25) is 4.79 Å². The molecule has 0 radical (unpaired) electrons. The number of benzene rings is 2. The molecule has 0 saturated heterocycles. The molecule has 8 heteroatoms. The molecular weight excluding hydrogens is 417 g/mol. The third-order valence-electron chi connectivity index (χ3n) is 4.01. The third kappa shape index (κ3) is 4.51. The van der Waals surface area contributed by atoms with E-state index in [0.29, 0.717) is 18.5 Å². The van der Waals surface area contributed by atoms with Gasteiger partial charge in [-0.2, -0.15) is 4.98 Å². The topological polar surface area (TPSA) is 68.5 Å². The number of methoxy groups -OCH3 is 1. The molecule has 140 valence electrons. The van der Waals surface area contributed by atoms with E-state index < -0.39 is 0 Å². The average Bonchev–Trinajstić information content (AvgIpc) is 3.16. The Morgan fingerprint density at radius 2 is 2.00 bits per heavy atom. The first-order valence-electron chi connectivity index (χ1n) is 8.15. The van der Waals surface area contributed by atoms with Crippen LogP contribution in [0.15, 0.2) is 51.5 Å². The number of ether oxygens (including phenoxy) is 1. The summed E-state index contributed by atoms with van der Waals surface area (Å²) in [6.45, 7) is 0.478. The van der Waals surface area contributed by atoms with Crippen LogP contribution in [0.2, 0.25) is 0 Å². The standard InChI is InChI=1S/C19H17BrFN3O3/c1-24(10-9-12-3-8-16(26-2)15(20)11-12)19(25)18-22-17(23-27-18)13-4-6-14(21)7-5-13/h3-8,11H,9-10H2,1-2H3. The van der Waals surface area contributed by atoms with Crippen molar-refractivity contribution in [2.45, 2.75) is 6.42 Å². The highest BCUT2D eigenvalue weighted by Gasteiger charge is 2.20. The number of nitrogens with zero attached hydrogens (tertiary/aromatic N) is 3. The minimum atomic E-state index is -0.372. The van der Waals surface area contributed by atoms with Crippen LogP contribution in [0.25, 0.3) is 11.4 Å². The molecule has 1 heterocycles. The van der Waals surface area contributed by atoms with Crippen molar-refractivity contribution in [1.29, 1.82) is 0 Å². The second kappa shape index (κ2) is 8.30. The summed E-state index contributed by atoms with van der Waals surface area (Å²) >= 11 is 3.45. The molecule has 1 aromatic heterocycles. The normalized spacial score (nSPS) is 10.7. The van der Waals surface area contributed by atoms with Gasteiger partial charge in [-0.15, -0.1) is 0 Å². The minimum absolute atomic E-state index is 0.104. The average molecular weight is 434 g/mol. The summed E-state index contributed by atoms with van der Waals surface area (Å²) < 4.78 is 24.1. The molecule has 0 fully saturated rings. The molecule has 0 bridgehead atoms. The van der Waals surface area contributed by atoms with E-state index in [9.17, 15) is 9.18 Å². The zero-order valence-corrected chi connectivity index (χ0v) is 16.4. The molecule has 1 amide bonds. The predicted molar refractivity (Wildman–Crippen MR) is 101 cm³/mol. The number of likely N-dealkylation sites (N-methyl/N-ethyl adjacent to an activating group) is 1. The Morgan fingerprint density at radius 1 is 1.26 bits per heavy atom. The molecule has 6 nitrogen and oxygen atoms in total. The summed E-state index contributed by atoms with van der Waals surface area (Å²) in [6.07, 6.45) is 0.657. The van der Waals surface area contributed by atoms with Crippen molar-refractivity contribution in [1.82, 2.24) is 15.0 Å². The first-order valence-corrected chi connectivity index (χ1v) is 8.94. The number of aromatic nitrogens is 2. The number of hydrogen-bond acceptors (Lipinski definition) is 5. The molecule has 3 rings (SSSR count). The maximum atomic E-state index is 13.0. The Kier molecular flexibility index (Phi) is 5.85. The summed E-state index contributed by atoms with van der Waals surface area (Å²) in [4.78, 5) is 18.1. The smallest absolute Gasteiger partial charge is 0.316 e. The van der Waals surface area contributed by atoms with Gasteiger partial charge in [-0.25, -0.2) is 4.39 Å². The maximum Gasteiger partial charge on any atom is 0.316 e. The van der Waals surface area contributed by atoms with Crippen molar-refractivity contribution < 1.29 is 18.4 Å². The minimum Gasteiger partial charge on any atom is -0.496 e. The predicted octanol–water partition coefficient (Wildman–Crippen LogP) is 3.96. The van der Waals surface area contributed by atoms with E-state index in [2.05, 4.69) is 26.1 Å². The van der Waals surface area contributed by atoms with Crippen LogP contribution in [-0.4, -0.2) is 41.6 Å². The van der Waals surface area contributed by atoms with Crippen LogP contribution < -0.4 is 4.74 Å². The zero-order chi connectivity index (χ0) is 19.4. The van der Waals surface area contributed by atoms with E-state index in [4.69, 9.17) is 9.26 Å². The SMILES string of the molecule is COc1ccc(CCN(C)C(=O)c2nc(-c3ccc(F)cc3)no2)cc1Br. The summed E-state index contributed by atoms with van der Waals surface area (Å²) in [5, 5.41) is 3.79. The van der Waals surface area contributed by atoms with Crippen molar-refractivity contribution in [2.75, 3.05) is 20.7 Å². The van der Waals surface area contributed by atoms with E-state index in [1.165, 1.54) is 29.2 Å². The van der Waals surface area contributed by atoms with Crippen LogP contribution in [-0.2, 0) is 6.42 Å². The molecule has 3 aromatic rings. The fourth-order valence-electron chi connectivity index (χ4n) is 2.45. The van der Waals surface area contributed by atoms with Gasteiger partial charge in [0.1, 0.15) is 11.6 Å². The summed E-state index contributed by atoms with van der Waals surface area (Å²) in [7, 11) is 3.28. The fraction of sp³-hybridized carbons (Fsp3) is 0.211. The van der Waals surface area contributed by atoms with E-state index >= 15 is 0 Å². The van der Waals surface area contributed by atoms with Gasteiger partial charge in [0.05, 0.1) is 11.6 Å². The quantitative estimate of drug-likeness (QED) is 0.588. The van der Waals surface area contributed by atoms with Crippen LogP contribution in [0, 0.1) is 5.82 Å². The number of halogens is 2. The Hall–Kier alpha value is -2.74. The largest absolute Gasteiger partial charge is 0.496 e. The number of rotatable bonds is 6. The lowest BCUT2D eigenvalue weighted by Gasteiger charge is -2.15. The summed E-state index contributed by atoms with van der Waals surface area (Å²) in [5.74, 6) is 0.160. The summed E-state index contributed by atoms with van der Waals surface area (Å²) in [5.41, 5.74) is 1.63. The zero-order valence-electron chi connectivity index (χ0n) is 14.8. The molecule has 2 aromatic carbocycles. The first kappa shape index (κ1) is 19.0. The number of carbonyl (C=O) groups excluding carboxylic acids is 1. The molecule has 0 aliphatic rings. The van der Waals surface area contributed by atoms with E-state index in [0.717, 1.165) is 15.8 Å². The fourth-order valence-corrected chi connectivity index (χ4v) is 3.04. The van der Waals surface area contributed by atoms with E-state index in [1.807, 2.05) is 18.2 Å². The molecule has 27 heavy (non-hydrogen) atoms. The molecule has 0 aliphatic carbocycles. The monoisotopic (exact) mass is 433 g/mol. The number of carbonyl (C=O) groups is 1. The lowest BCUT2D eigenvalue weighted by molar-refractivity contribution is 0.0747. The van der Waals surface area contributed by atoms with Crippen molar-refractivity contribution in [3.63, 3.8) is 0 Å². The molecule has 0 N–H and O–H groups in total. The third-order valence-corrected chi connectivity index (χ3v) is 4.63. The Morgan fingerprint density at radius 3 is 2.67 bits per heavy atom. The van der Waals surface area contributed by atoms with Crippen molar-refractivity contribution in [3.8, 4) is 17.1 Å². The molecule has 0 saturated carbocycles. The van der Waals surface area contributed by atoms with Crippen molar-refractivity contribution >= 4 is 21.8 Å². The van der Waals surface area contributed by atoms with Gasteiger partial charge < -0.3 is 14.2 Å². The molecule has 0 aliphatic heterocycles. The Bertz CT molecular complexity index is 944. The van der Waals surface area contributed by atoms with Gasteiger partial charge >= 0.3 is 11.8 Å². The van der Waals surface area contributed by atoms with Crippen molar-refractivity contribution in [2.24, 2.45) is 0 Å². The van der Waals surface area contributed by atoms with Gasteiger partial charge in [0.15, 0.2) is 0 Å². The van der Waals surface area contributed by atoms with Gasteiger partial charge in [-0.05, 0) is 64.3 Å². The van der Waals surface area contributed by atoms with Crippen LogP contribution >= 0.6 is 15.9 Å². The molecule has 0 atom stereocenters. The van der Waals surface area contributed by atoms with Gasteiger partial charge in [0.2, 0.25) is 5.82 Å². The van der Waals surface area contributed by atoms with Gasteiger partial charge in [0.25, 0.3) is 0 Å². The molecule has 0 spiro atoms. The van der Waals surface area contributed by atoms with Crippen LogP contribution in [0.5, 0.6) is 5.75 Å². The first-order chi connectivity index (χ1) is 13.0. The maximum absolute atomic E-state index is 13.0. The lowest BCUT2D eigenvalue weighted by Crippen LogP contribution is -2.29. The Labute approximate surface area is 164 Å². The van der Waals surface area contributed by atoms with Crippen LogP contribution in [0.4, 0.5) is 4.39 Å². The highest BCUT2D eigenvalue weighted by molar-refractivity contribution is 9.10. The lowest BCUT2D eigenvalue weighted by atomic mass is 10.1. The Balaban J connectivity index is 1.63. The highest BCUT2D eigenvalue weighted by Crippen LogP contribution is 2.25. The van der Waals surface area contributed by atoms with Crippen LogP contribution in [0.3, 0.4) is 0 Å². The highest BCUT2D eigenvalue weighted by atomic mass is 79.9. The van der Waals surface area contributed by atoms with Crippen LogP contribution in [0.1, 0.15) is 16.2 Å². The molecule has 0 unspecified atom stereocenters. The van der Waals surface area contributed by atoms with Crippen molar-refractivity contribution in [3.05, 3.63) is 64.2 Å². The molecular formula is C19H17BrFN3O3. The van der Waals surface area contributed by atoms with E-state index in [1.54, 1.807) is 14.2 Å². The van der Waals surface area contributed by atoms with Gasteiger partial charge in [0, 0.05) is 19.2 Å². The number of hydrogen-bond donors (Lipinski definition) is 0. The van der Waals surface area contributed by atoms with Gasteiger partial charge in [-0.1, -0.05) is 11.2 Å². The van der Waals surface area contributed by atoms with E-state index in [-0.39, 0.29) is 23.4 Å².